The van der Waals surface area contributed by atoms with Gasteiger partial charge in [0.05, 0.1) is 39.6 Å². The number of aliphatic hydroxyl groups excluding tert-OH is 1. The van der Waals surface area contributed by atoms with Crippen LogP contribution in [0.3, 0.4) is 0 Å². The molecule has 1 N–H and O–H groups in total. The Morgan fingerprint density at radius 1 is 1.22 bits per heavy atom. The molecule has 148 valence electrons. The van der Waals surface area contributed by atoms with Crippen molar-refractivity contribution in [1.82, 2.24) is 20.2 Å². The summed E-state index contributed by atoms with van der Waals surface area (Å²) in [6.07, 6.45) is 4.09. The molecule has 1 aliphatic carbocycles. The largest absolute Gasteiger partial charge is 0.493 e. The second kappa shape index (κ2) is 9.91. The monoisotopic (exact) mass is 394 g/mol. The lowest BCUT2D eigenvalue weighted by Crippen LogP contribution is -2.18. The molecule has 9 heteroatoms. The van der Waals surface area contributed by atoms with Gasteiger partial charge in [0, 0.05) is 5.75 Å². The summed E-state index contributed by atoms with van der Waals surface area (Å²) >= 11 is 1.47. The van der Waals surface area contributed by atoms with Crippen molar-refractivity contribution >= 4 is 11.8 Å². The van der Waals surface area contributed by atoms with Crippen molar-refractivity contribution in [2.45, 2.75) is 49.6 Å². The molecule has 1 aliphatic rings. The van der Waals surface area contributed by atoms with Crippen LogP contribution in [0.1, 0.15) is 37.3 Å². The van der Waals surface area contributed by atoms with E-state index in [1.54, 1.807) is 14.2 Å². The molecule has 8 nitrogen and oxygen atoms in total. The SMILES string of the molecule is COc1ccc(COC[C@H](O)CSc2nnnn2C2CCCC2)cc1OC. The minimum atomic E-state index is -0.594. The van der Waals surface area contributed by atoms with Gasteiger partial charge in [0.2, 0.25) is 5.16 Å². The molecule has 2 aromatic rings. The lowest BCUT2D eigenvalue weighted by molar-refractivity contribution is 0.0397. The Hall–Kier alpha value is -1.84. The first-order valence-electron chi connectivity index (χ1n) is 9.08. The number of methoxy groups -OCH3 is 2. The summed E-state index contributed by atoms with van der Waals surface area (Å²) < 4.78 is 18.0. The molecule has 3 rings (SSSR count). The number of hydrogen-bond acceptors (Lipinski definition) is 8. The number of nitrogens with zero attached hydrogens (tertiary/aromatic N) is 4. The van der Waals surface area contributed by atoms with Gasteiger partial charge in [0.1, 0.15) is 0 Å². The van der Waals surface area contributed by atoms with Crippen LogP contribution in [-0.4, -0.2) is 58.0 Å². The quantitative estimate of drug-likeness (QED) is 0.615. The zero-order valence-electron chi connectivity index (χ0n) is 15.7. The highest BCUT2D eigenvalue weighted by atomic mass is 32.2. The first-order valence-corrected chi connectivity index (χ1v) is 10.1. The number of benzene rings is 1. The molecule has 0 radical (unpaired) electrons. The second-order valence-electron chi connectivity index (χ2n) is 6.51. The van der Waals surface area contributed by atoms with Gasteiger partial charge in [0.25, 0.3) is 0 Å². The first kappa shape index (κ1) is 19.9. The van der Waals surface area contributed by atoms with Gasteiger partial charge >= 0.3 is 0 Å². The Balaban J connectivity index is 1.43. The number of tetrazole rings is 1. The van der Waals surface area contributed by atoms with Crippen LogP contribution in [-0.2, 0) is 11.3 Å². The molecule has 0 bridgehead atoms. The van der Waals surface area contributed by atoms with E-state index in [1.165, 1.54) is 24.6 Å². The maximum absolute atomic E-state index is 10.2. The average Bonchev–Trinajstić information content (AvgIpc) is 3.37. The van der Waals surface area contributed by atoms with E-state index in [1.807, 2.05) is 22.9 Å². The number of rotatable bonds is 10. The Morgan fingerprint density at radius 3 is 2.74 bits per heavy atom. The van der Waals surface area contributed by atoms with Crippen LogP contribution in [0.4, 0.5) is 0 Å². The summed E-state index contributed by atoms with van der Waals surface area (Å²) in [6.45, 7) is 0.633. The van der Waals surface area contributed by atoms with Crippen molar-refractivity contribution in [2.24, 2.45) is 0 Å². The average molecular weight is 394 g/mol. The van der Waals surface area contributed by atoms with Gasteiger partial charge in [-0.3, -0.25) is 0 Å². The predicted octanol–water partition coefficient (Wildman–Crippen LogP) is 2.48. The van der Waals surface area contributed by atoms with Gasteiger partial charge < -0.3 is 19.3 Å². The standard InChI is InChI=1S/C18H26N4O4S/c1-24-16-8-7-13(9-17(16)25-2)10-26-11-15(23)12-27-18-19-20-21-22(18)14-5-3-4-6-14/h7-9,14-15,23H,3-6,10-12H2,1-2H3/t15-/m0/s1. The molecule has 0 amide bonds. The fourth-order valence-corrected chi connectivity index (χ4v) is 4.01. The van der Waals surface area contributed by atoms with Gasteiger partial charge in [-0.1, -0.05) is 30.7 Å². The molecule has 1 atom stereocenters. The van der Waals surface area contributed by atoms with Crippen LogP contribution in [0, 0.1) is 0 Å². The molecule has 0 aliphatic heterocycles. The minimum absolute atomic E-state index is 0.242. The van der Waals surface area contributed by atoms with E-state index in [9.17, 15) is 5.11 Å². The highest BCUT2D eigenvalue weighted by Crippen LogP contribution is 2.31. The van der Waals surface area contributed by atoms with Crippen molar-refractivity contribution in [2.75, 3.05) is 26.6 Å². The van der Waals surface area contributed by atoms with Crippen LogP contribution in [0.25, 0.3) is 0 Å². The van der Waals surface area contributed by atoms with Crippen molar-refractivity contribution < 1.29 is 19.3 Å². The third-order valence-corrected chi connectivity index (χ3v) is 5.64. The lowest BCUT2D eigenvalue weighted by Gasteiger charge is -2.14. The number of thioether (sulfide) groups is 1. The van der Waals surface area contributed by atoms with Crippen LogP contribution in [0.5, 0.6) is 11.5 Å². The molecule has 1 fully saturated rings. The van der Waals surface area contributed by atoms with Crippen molar-refractivity contribution in [3.05, 3.63) is 23.8 Å². The Bertz CT molecular complexity index is 721. The van der Waals surface area contributed by atoms with E-state index in [2.05, 4.69) is 15.5 Å². The molecule has 1 heterocycles. The molecule has 27 heavy (non-hydrogen) atoms. The van der Waals surface area contributed by atoms with Gasteiger partial charge in [-0.2, -0.15) is 0 Å². The number of aromatic nitrogens is 4. The summed E-state index contributed by atoms with van der Waals surface area (Å²) in [6, 6.07) is 6.02. The van der Waals surface area contributed by atoms with Crippen LogP contribution < -0.4 is 9.47 Å². The molecule has 1 saturated carbocycles. The third kappa shape index (κ3) is 5.33. The maximum Gasteiger partial charge on any atom is 0.209 e. The maximum atomic E-state index is 10.2. The zero-order valence-corrected chi connectivity index (χ0v) is 16.5. The Kier molecular flexibility index (Phi) is 7.31. The topological polar surface area (TPSA) is 91.5 Å². The fourth-order valence-electron chi connectivity index (χ4n) is 3.16. The molecule has 0 saturated heterocycles. The number of hydrogen-bond donors (Lipinski definition) is 1. The first-order chi connectivity index (χ1) is 13.2. The summed E-state index contributed by atoms with van der Waals surface area (Å²) in [4.78, 5) is 0. The number of aliphatic hydroxyl groups is 1. The Labute approximate surface area is 163 Å². The summed E-state index contributed by atoms with van der Waals surface area (Å²) in [5, 5.41) is 22.9. The van der Waals surface area contributed by atoms with Gasteiger partial charge in [-0.25, -0.2) is 4.68 Å². The van der Waals surface area contributed by atoms with Gasteiger partial charge in [-0.15, -0.1) is 5.10 Å². The molecule has 0 spiro atoms. The van der Waals surface area contributed by atoms with Crippen molar-refractivity contribution in [3.63, 3.8) is 0 Å². The fraction of sp³-hybridized carbons (Fsp3) is 0.611. The predicted molar refractivity (Wildman–Crippen MR) is 101 cm³/mol. The summed E-state index contributed by atoms with van der Waals surface area (Å²) in [5.41, 5.74) is 0.956. The minimum Gasteiger partial charge on any atom is -0.493 e. The van der Waals surface area contributed by atoms with E-state index in [0.29, 0.717) is 29.9 Å². The highest BCUT2D eigenvalue weighted by Gasteiger charge is 2.22. The highest BCUT2D eigenvalue weighted by molar-refractivity contribution is 7.99. The van der Waals surface area contributed by atoms with E-state index in [4.69, 9.17) is 14.2 Å². The molecule has 0 unspecified atom stereocenters. The second-order valence-corrected chi connectivity index (χ2v) is 7.50. The summed E-state index contributed by atoms with van der Waals surface area (Å²) in [7, 11) is 3.20. The van der Waals surface area contributed by atoms with E-state index in [-0.39, 0.29) is 6.61 Å². The third-order valence-electron chi connectivity index (χ3n) is 4.56. The molecule has 1 aromatic heterocycles. The van der Waals surface area contributed by atoms with Crippen LogP contribution >= 0.6 is 11.8 Å². The van der Waals surface area contributed by atoms with E-state index in [0.717, 1.165) is 23.6 Å². The van der Waals surface area contributed by atoms with E-state index >= 15 is 0 Å². The normalized spacial score (nSPS) is 15.8. The van der Waals surface area contributed by atoms with Crippen LogP contribution in [0.15, 0.2) is 23.4 Å². The summed E-state index contributed by atoms with van der Waals surface area (Å²) in [5.74, 6) is 1.82. The van der Waals surface area contributed by atoms with Gasteiger partial charge in [0.15, 0.2) is 11.5 Å². The van der Waals surface area contributed by atoms with Crippen molar-refractivity contribution in [1.29, 1.82) is 0 Å². The Morgan fingerprint density at radius 2 is 2.00 bits per heavy atom. The van der Waals surface area contributed by atoms with Crippen molar-refractivity contribution in [3.8, 4) is 11.5 Å². The van der Waals surface area contributed by atoms with Gasteiger partial charge in [-0.05, 0) is 41.0 Å². The smallest absolute Gasteiger partial charge is 0.209 e. The van der Waals surface area contributed by atoms with E-state index < -0.39 is 6.10 Å². The molecular weight excluding hydrogens is 368 g/mol. The molecular formula is C18H26N4O4S. The number of ether oxygens (including phenoxy) is 3. The lowest BCUT2D eigenvalue weighted by atomic mass is 10.2. The molecule has 1 aromatic carbocycles. The zero-order chi connectivity index (χ0) is 19.1. The van der Waals surface area contributed by atoms with Crippen LogP contribution in [0.2, 0.25) is 0 Å².